The van der Waals surface area contributed by atoms with Gasteiger partial charge in [-0.2, -0.15) is 0 Å². The van der Waals surface area contributed by atoms with Gasteiger partial charge in [0.15, 0.2) is 23.5 Å². The molecule has 32 heavy (non-hydrogen) atoms. The minimum Gasteiger partial charge on any atom is -0.394 e. The Morgan fingerprint density at radius 2 is 1.94 bits per heavy atom. The zero-order valence-corrected chi connectivity index (χ0v) is 16.9. The van der Waals surface area contributed by atoms with E-state index in [1.54, 1.807) is 24.3 Å². The van der Waals surface area contributed by atoms with Crippen molar-refractivity contribution >= 4 is 28.7 Å². The minimum absolute atomic E-state index is 0.140. The summed E-state index contributed by atoms with van der Waals surface area (Å²) >= 11 is 0. The monoisotopic (exact) mass is 441 g/mol. The Hall–Kier alpha value is -3.32. The molecule has 1 saturated heterocycles. The largest absolute Gasteiger partial charge is 0.394 e. The van der Waals surface area contributed by atoms with Crippen LogP contribution in [0.15, 0.2) is 30.6 Å². The van der Waals surface area contributed by atoms with Crippen molar-refractivity contribution in [3.63, 3.8) is 0 Å². The van der Waals surface area contributed by atoms with Crippen molar-refractivity contribution in [1.82, 2.24) is 24.8 Å². The van der Waals surface area contributed by atoms with E-state index in [1.807, 2.05) is 0 Å². The fraction of sp³-hybridized carbons (Fsp3) is 0.400. The van der Waals surface area contributed by atoms with Crippen molar-refractivity contribution in [2.45, 2.75) is 43.4 Å². The molecule has 1 aromatic carbocycles. The maximum absolute atomic E-state index is 11.9. The van der Waals surface area contributed by atoms with Crippen LogP contribution < -0.4 is 16.4 Å². The lowest BCUT2D eigenvalue weighted by atomic mass is 10.1. The van der Waals surface area contributed by atoms with E-state index in [0.717, 1.165) is 12.8 Å². The first kappa shape index (κ1) is 20.6. The summed E-state index contributed by atoms with van der Waals surface area (Å²) in [5, 5.41) is 35.4. The van der Waals surface area contributed by atoms with Crippen molar-refractivity contribution in [3.05, 3.63) is 30.6 Å². The number of urea groups is 1. The molecule has 0 unspecified atom stereocenters. The minimum atomic E-state index is -1.28. The van der Waals surface area contributed by atoms with Gasteiger partial charge in [-0.1, -0.05) is 0 Å². The molecular formula is C20H23N7O5. The summed E-state index contributed by atoms with van der Waals surface area (Å²) in [7, 11) is 0. The molecule has 2 aromatic heterocycles. The van der Waals surface area contributed by atoms with Crippen molar-refractivity contribution in [2.24, 2.45) is 0 Å². The molecule has 12 nitrogen and oxygen atoms in total. The lowest BCUT2D eigenvalue weighted by Gasteiger charge is -2.16. The quantitative estimate of drug-likeness (QED) is 0.317. The van der Waals surface area contributed by atoms with Crippen molar-refractivity contribution in [3.8, 4) is 11.4 Å². The molecule has 1 aliphatic carbocycles. The number of aliphatic hydroxyl groups excluding tert-OH is 3. The van der Waals surface area contributed by atoms with E-state index >= 15 is 0 Å². The number of aliphatic hydroxyl groups is 3. The number of ether oxygens (including phenoxy) is 1. The van der Waals surface area contributed by atoms with Crippen LogP contribution in [0.25, 0.3) is 22.6 Å². The number of anilines is 2. The number of hydrogen-bond donors (Lipinski definition) is 6. The van der Waals surface area contributed by atoms with Gasteiger partial charge < -0.3 is 36.4 Å². The fourth-order valence-corrected chi connectivity index (χ4v) is 3.65. The number of nitrogens with zero attached hydrogens (tertiary/aromatic N) is 4. The van der Waals surface area contributed by atoms with Crippen LogP contribution in [0.4, 0.5) is 16.3 Å². The molecule has 1 aliphatic heterocycles. The maximum Gasteiger partial charge on any atom is 0.319 e. The Kier molecular flexibility index (Phi) is 5.13. The van der Waals surface area contributed by atoms with E-state index in [4.69, 9.17) is 10.5 Å². The number of benzene rings is 1. The lowest BCUT2D eigenvalue weighted by Crippen LogP contribution is -2.33. The summed E-state index contributed by atoms with van der Waals surface area (Å²) in [5.41, 5.74) is 8.00. The fourth-order valence-electron chi connectivity index (χ4n) is 3.65. The molecule has 1 saturated carbocycles. The van der Waals surface area contributed by atoms with Gasteiger partial charge in [-0.25, -0.2) is 19.7 Å². The molecule has 2 fully saturated rings. The Labute approximate surface area is 182 Å². The number of nitrogen functional groups attached to an aromatic ring is 1. The van der Waals surface area contributed by atoms with Crippen LogP contribution in [0.5, 0.6) is 0 Å². The van der Waals surface area contributed by atoms with Gasteiger partial charge in [-0.15, -0.1) is 0 Å². The first-order valence-electron chi connectivity index (χ1n) is 10.2. The SMILES string of the molecule is Nc1nc(-c2ccc(NC(=O)NC3CC3)cc2)nc2c1ncn2[C@@H]1O[C@H](CO)[C@@H](O)[C@H]1O. The third-order valence-electron chi connectivity index (χ3n) is 5.55. The van der Waals surface area contributed by atoms with Crippen LogP contribution in [0.1, 0.15) is 19.1 Å². The lowest BCUT2D eigenvalue weighted by molar-refractivity contribution is -0.0511. The zero-order valence-electron chi connectivity index (χ0n) is 16.9. The number of carbonyl (C=O) groups is 1. The van der Waals surface area contributed by atoms with E-state index < -0.39 is 31.1 Å². The third kappa shape index (κ3) is 3.73. The average Bonchev–Trinajstić information content (AvgIpc) is 3.41. The van der Waals surface area contributed by atoms with Crippen molar-refractivity contribution in [2.75, 3.05) is 17.7 Å². The molecule has 2 amide bonds. The van der Waals surface area contributed by atoms with Crippen LogP contribution in [-0.2, 0) is 4.74 Å². The van der Waals surface area contributed by atoms with Gasteiger partial charge in [0.05, 0.1) is 12.9 Å². The molecule has 12 heteroatoms. The summed E-state index contributed by atoms with van der Waals surface area (Å²) < 4.78 is 7.04. The summed E-state index contributed by atoms with van der Waals surface area (Å²) in [6, 6.07) is 6.98. The highest BCUT2D eigenvalue weighted by Gasteiger charge is 2.44. The number of hydrogen-bond acceptors (Lipinski definition) is 9. The topological polar surface area (TPSA) is 181 Å². The van der Waals surface area contributed by atoms with Gasteiger partial charge in [0.25, 0.3) is 0 Å². The first-order valence-corrected chi connectivity index (χ1v) is 10.2. The molecule has 3 heterocycles. The van der Waals surface area contributed by atoms with Gasteiger partial charge >= 0.3 is 6.03 Å². The second-order valence-corrected chi connectivity index (χ2v) is 7.94. The van der Waals surface area contributed by atoms with E-state index in [-0.39, 0.29) is 17.9 Å². The number of aromatic nitrogens is 4. The average molecular weight is 441 g/mol. The molecule has 5 rings (SSSR count). The molecule has 0 radical (unpaired) electrons. The summed E-state index contributed by atoms with van der Waals surface area (Å²) in [6.45, 7) is -0.442. The molecular weight excluding hydrogens is 418 g/mol. The Morgan fingerprint density at radius 1 is 1.19 bits per heavy atom. The number of nitrogens with two attached hydrogens (primary N) is 1. The number of carbonyl (C=O) groups excluding carboxylic acids is 1. The third-order valence-corrected chi connectivity index (χ3v) is 5.55. The van der Waals surface area contributed by atoms with Crippen LogP contribution in [0.2, 0.25) is 0 Å². The number of nitrogens with one attached hydrogen (secondary N) is 2. The highest BCUT2D eigenvalue weighted by Crippen LogP contribution is 2.33. The zero-order chi connectivity index (χ0) is 22.4. The predicted molar refractivity (Wildman–Crippen MR) is 113 cm³/mol. The number of rotatable bonds is 5. The normalized spacial score (nSPS) is 25.2. The van der Waals surface area contributed by atoms with Crippen molar-refractivity contribution < 1.29 is 24.9 Å². The van der Waals surface area contributed by atoms with Gasteiger partial charge in [0.2, 0.25) is 0 Å². The van der Waals surface area contributed by atoms with E-state index in [9.17, 15) is 20.1 Å². The first-order chi connectivity index (χ1) is 15.4. The molecule has 0 spiro atoms. The standard InChI is InChI=1S/C20H23N7O5/c21-16-13-18(27(8-22-13)19-15(30)14(29)12(7-28)32-19)26-17(25-16)9-1-3-10(4-2-9)23-20(31)24-11-5-6-11/h1-4,8,11-12,14-15,19,28-30H,5-7H2,(H2,21,25,26)(H2,23,24,31)/t12-,14-,15-,19-/m1/s1. The number of imidazole rings is 1. The van der Waals surface area contributed by atoms with Gasteiger partial charge in [-0.3, -0.25) is 4.57 Å². The van der Waals surface area contributed by atoms with Crippen molar-refractivity contribution in [1.29, 1.82) is 0 Å². The summed E-state index contributed by atoms with van der Waals surface area (Å²) in [5.74, 6) is 0.457. The Bertz CT molecular complexity index is 1150. The highest BCUT2D eigenvalue weighted by atomic mass is 16.6. The molecule has 2 aliphatic rings. The number of amides is 2. The summed E-state index contributed by atoms with van der Waals surface area (Å²) in [4.78, 5) is 25.0. The van der Waals surface area contributed by atoms with E-state index in [2.05, 4.69) is 25.6 Å². The van der Waals surface area contributed by atoms with Gasteiger partial charge in [-0.05, 0) is 37.1 Å². The van der Waals surface area contributed by atoms with E-state index in [1.165, 1.54) is 10.9 Å². The molecule has 4 atom stereocenters. The Balaban J connectivity index is 1.42. The molecule has 168 valence electrons. The molecule has 3 aromatic rings. The van der Waals surface area contributed by atoms with Crippen LogP contribution in [-0.4, -0.2) is 71.8 Å². The van der Waals surface area contributed by atoms with Gasteiger partial charge in [0, 0.05) is 17.3 Å². The van der Waals surface area contributed by atoms with Gasteiger partial charge in [0.1, 0.15) is 23.8 Å². The smallest absolute Gasteiger partial charge is 0.319 e. The Morgan fingerprint density at radius 3 is 2.59 bits per heavy atom. The van der Waals surface area contributed by atoms with Crippen LogP contribution in [0, 0.1) is 0 Å². The second kappa shape index (κ2) is 7.98. The van der Waals surface area contributed by atoms with Crippen LogP contribution in [0.3, 0.4) is 0 Å². The highest BCUT2D eigenvalue weighted by molar-refractivity contribution is 5.90. The summed E-state index contributed by atoms with van der Waals surface area (Å²) in [6.07, 6.45) is -1.05. The van der Waals surface area contributed by atoms with Crippen LogP contribution >= 0.6 is 0 Å². The second-order valence-electron chi connectivity index (χ2n) is 7.94. The maximum atomic E-state index is 11.9. The number of fused-ring (bicyclic) bond motifs is 1. The van der Waals surface area contributed by atoms with E-state index in [0.29, 0.717) is 28.2 Å². The predicted octanol–water partition coefficient (Wildman–Crippen LogP) is -0.0291. The molecule has 0 bridgehead atoms. The molecule has 7 N–H and O–H groups in total.